The van der Waals surface area contributed by atoms with E-state index in [1.807, 2.05) is 11.8 Å². The second-order valence-electron chi connectivity index (χ2n) is 5.11. The molecular formula is C16H18OS. The van der Waals surface area contributed by atoms with Crippen LogP contribution < -0.4 is 0 Å². The number of thioether (sulfide) groups is 1. The Labute approximate surface area is 113 Å². The van der Waals surface area contributed by atoms with E-state index in [1.165, 1.54) is 22.1 Å². The van der Waals surface area contributed by atoms with E-state index in [4.69, 9.17) is 4.74 Å². The van der Waals surface area contributed by atoms with Crippen LogP contribution in [-0.2, 0) is 4.74 Å². The van der Waals surface area contributed by atoms with E-state index in [9.17, 15) is 0 Å². The number of hydrogen-bond donors (Lipinski definition) is 0. The molecule has 0 radical (unpaired) electrons. The van der Waals surface area contributed by atoms with Crippen molar-refractivity contribution >= 4 is 22.5 Å². The first kappa shape index (κ1) is 12.1. The Bertz CT molecular complexity index is 535. The van der Waals surface area contributed by atoms with Crippen molar-refractivity contribution in [3.05, 3.63) is 42.5 Å². The lowest BCUT2D eigenvalue weighted by atomic mass is 9.86. The lowest BCUT2D eigenvalue weighted by Gasteiger charge is -2.40. The Kier molecular flexibility index (Phi) is 3.31. The van der Waals surface area contributed by atoms with Crippen LogP contribution in [-0.4, -0.2) is 19.0 Å². The van der Waals surface area contributed by atoms with E-state index < -0.39 is 0 Å². The molecule has 2 heteroatoms. The van der Waals surface area contributed by atoms with Gasteiger partial charge in [-0.25, -0.2) is 0 Å². The topological polar surface area (TPSA) is 9.23 Å². The lowest BCUT2D eigenvalue weighted by Crippen LogP contribution is -2.44. The number of benzene rings is 2. The third kappa shape index (κ3) is 2.15. The highest BCUT2D eigenvalue weighted by atomic mass is 32.2. The number of ether oxygens (including phenoxy) is 1. The maximum Gasteiger partial charge on any atom is 0.0552 e. The van der Waals surface area contributed by atoms with Crippen LogP contribution in [0.3, 0.4) is 0 Å². The minimum atomic E-state index is 0.418. The first-order valence-electron chi connectivity index (χ1n) is 6.51. The minimum Gasteiger partial charge on any atom is -0.380 e. The highest BCUT2D eigenvalue weighted by molar-refractivity contribution is 7.99. The average molecular weight is 258 g/mol. The molecule has 0 unspecified atom stereocenters. The Morgan fingerprint density at radius 3 is 2.61 bits per heavy atom. The molecule has 0 saturated carbocycles. The van der Waals surface area contributed by atoms with Crippen LogP contribution in [0.5, 0.6) is 0 Å². The number of hydrogen-bond acceptors (Lipinski definition) is 2. The van der Waals surface area contributed by atoms with Crippen molar-refractivity contribution in [2.45, 2.75) is 18.2 Å². The van der Waals surface area contributed by atoms with Crippen molar-refractivity contribution in [3.8, 4) is 0 Å². The smallest absolute Gasteiger partial charge is 0.0552 e. The molecule has 0 bridgehead atoms. The summed E-state index contributed by atoms with van der Waals surface area (Å²) in [5, 5.41) is 2.70. The summed E-state index contributed by atoms with van der Waals surface area (Å²) >= 11 is 1.98. The van der Waals surface area contributed by atoms with Gasteiger partial charge in [-0.3, -0.25) is 0 Å². The fraction of sp³-hybridized carbons (Fsp3) is 0.375. The summed E-state index contributed by atoms with van der Waals surface area (Å²) in [6, 6.07) is 15.2. The zero-order valence-electron chi connectivity index (χ0n) is 10.7. The van der Waals surface area contributed by atoms with Crippen molar-refractivity contribution in [2.24, 2.45) is 5.41 Å². The predicted octanol–water partition coefficient (Wildman–Crippen LogP) is 4.36. The van der Waals surface area contributed by atoms with Crippen molar-refractivity contribution < 1.29 is 4.74 Å². The van der Waals surface area contributed by atoms with Gasteiger partial charge < -0.3 is 4.74 Å². The van der Waals surface area contributed by atoms with Crippen LogP contribution in [0.2, 0.25) is 0 Å². The maximum atomic E-state index is 5.39. The molecule has 2 aromatic carbocycles. The van der Waals surface area contributed by atoms with E-state index in [0.29, 0.717) is 5.41 Å². The van der Waals surface area contributed by atoms with Crippen molar-refractivity contribution in [2.75, 3.05) is 19.0 Å². The second-order valence-corrected chi connectivity index (χ2v) is 6.13. The summed E-state index contributed by atoms with van der Waals surface area (Å²) in [6.07, 6.45) is 1.21. The molecule has 1 heterocycles. The van der Waals surface area contributed by atoms with E-state index >= 15 is 0 Å². The van der Waals surface area contributed by atoms with Crippen LogP contribution in [0.15, 0.2) is 47.4 Å². The molecule has 0 N–H and O–H groups in total. The van der Waals surface area contributed by atoms with Crippen LogP contribution in [0.4, 0.5) is 0 Å². The van der Waals surface area contributed by atoms with Crippen molar-refractivity contribution in [1.82, 2.24) is 0 Å². The van der Waals surface area contributed by atoms with E-state index in [-0.39, 0.29) is 0 Å². The Hall–Kier alpha value is -0.990. The van der Waals surface area contributed by atoms with E-state index in [2.05, 4.69) is 49.4 Å². The zero-order chi connectivity index (χ0) is 12.4. The minimum absolute atomic E-state index is 0.418. The van der Waals surface area contributed by atoms with Crippen LogP contribution in [0.1, 0.15) is 13.3 Å². The van der Waals surface area contributed by atoms with Gasteiger partial charge in [0, 0.05) is 16.1 Å². The summed E-state index contributed by atoms with van der Waals surface area (Å²) in [5.74, 6) is 1.16. The standard InChI is InChI=1S/C16H18OS/c1-2-16(10-17-11-16)12-18-15-9-5-7-13-6-3-4-8-14(13)15/h3-9H,2,10-12H2,1H3. The van der Waals surface area contributed by atoms with Gasteiger partial charge >= 0.3 is 0 Å². The average Bonchev–Trinajstić information content (AvgIpc) is 2.38. The van der Waals surface area contributed by atoms with Gasteiger partial charge in [-0.05, 0) is 23.3 Å². The monoisotopic (exact) mass is 258 g/mol. The molecule has 1 aliphatic rings. The first-order chi connectivity index (χ1) is 8.83. The molecule has 0 aromatic heterocycles. The molecule has 0 atom stereocenters. The van der Waals surface area contributed by atoms with Crippen molar-refractivity contribution in [3.63, 3.8) is 0 Å². The third-order valence-electron chi connectivity index (χ3n) is 3.85. The SMILES string of the molecule is CCC1(CSc2cccc3ccccc23)COC1. The van der Waals surface area contributed by atoms with Gasteiger partial charge in [0.15, 0.2) is 0 Å². The molecular weight excluding hydrogens is 240 g/mol. The summed E-state index contributed by atoms with van der Waals surface area (Å²) in [6.45, 7) is 4.13. The maximum absolute atomic E-state index is 5.39. The Morgan fingerprint density at radius 1 is 1.11 bits per heavy atom. The first-order valence-corrected chi connectivity index (χ1v) is 7.50. The molecule has 1 aliphatic heterocycles. The fourth-order valence-corrected chi connectivity index (χ4v) is 3.68. The highest BCUT2D eigenvalue weighted by Gasteiger charge is 2.36. The molecule has 0 spiro atoms. The molecule has 1 saturated heterocycles. The van der Waals surface area contributed by atoms with Gasteiger partial charge in [0.05, 0.1) is 13.2 Å². The highest BCUT2D eigenvalue weighted by Crippen LogP contribution is 2.38. The van der Waals surface area contributed by atoms with Gasteiger partial charge in [-0.2, -0.15) is 0 Å². The van der Waals surface area contributed by atoms with Gasteiger partial charge in [0.2, 0.25) is 0 Å². The lowest BCUT2D eigenvalue weighted by molar-refractivity contribution is -0.0994. The summed E-state index contributed by atoms with van der Waals surface area (Å²) in [7, 11) is 0. The predicted molar refractivity (Wildman–Crippen MR) is 78.2 cm³/mol. The number of fused-ring (bicyclic) bond motifs is 1. The Morgan fingerprint density at radius 2 is 1.89 bits per heavy atom. The quantitative estimate of drug-likeness (QED) is 0.754. The normalized spacial score (nSPS) is 17.6. The fourth-order valence-electron chi connectivity index (χ4n) is 2.33. The summed E-state index contributed by atoms with van der Waals surface area (Å²) < 4.78 is 5.39. The summed E-state index contributed by atoms with van der Waals surface area (Å²) in [4.78, 5) is 1.40. The van der Waals surface area contributed by atoms with Crippen LogP contribution in [0.25, 0.3) is 10.8 Å². The van der Waals surface area contributed by atoms with Gasteiger partial charge in [0.1, 0.15) is 0 Å². The summed E-state index contributed by atoms with van der Waals surface area (Å²) in [5.41, 5.74) is 0.418. The van der Waals surface area contributed by atoms with Crippen LogP contribution in [0, 0.1) is 5.41 Å². The molecule has 1 nitrogen and oxygen atoms in total. The van der Waals surface area contributed by atoms with Gasteiger partial charge in [-0.1, -0.05) is 43.3 Å². The van der Waals surface area contributed by atoms with Gasteiger partial charge in [-0.15, -0.1) is 11.8 Å². The molecule has 0 amide bonds. The molecule has 0 aliphatic carbocycles. The molecule has 94 valence electrons. The molecule has 18 heavy (non-hydrogen) atoms. The molecule has 3 rings (SSSR count). The molecule has 1 fully saturated rings. The third-order valence-corrected chi connectivity index (χ3v) is 5.27. The zero-order valence-corrected chi connectivity index (χ0v) is 11.5. The van der Waals surface area contributed by atoms with Crippen molar-refractivity contribution in [1.29, 1.82) is 0 Å². The molecule has 2 aromatic rings. The van der Waals surface area contributed by atoms with E-state index in [1.54, 1.807) is 0 Å². The largest absolute Gasteiger partial charge is 0.380 e. The van der Waals surface area contributed by atoms with Crippen LogP contribution >= 0.6 is 11.8 Å². The van der Waals surface area contributed by atoms with E-state index in [0.717, 1.165) is 19.0 Å². The van der Waals surface area contributed by atoms with Gasteiger partial charge in [0.25, 0.3) is 0 Å². The number of rotatable bonds is 4. The Balaban J connectivity index is 1.82. The second kappa shape index (κ2) is 4.94.